The van der Waals surface area contributed by atoms with Crippen molar-refractivity contribution in [3.05, 3.63) is 101 Å². The van der Waals surface area contributed by atoms with Gasteiger partial charge in [0.2, 0.25) is 0 Å². The Labute approximate surface area is 191 Å². The van der Waals surface area contributed by atoms with Gasteiger partial charge >= 0.3 is 0 Å². The molecule has 2 N–H and O–H groups in total. The molecule has 0 bridgehead atoms. The summed E-state index contributed by atoms with van der Waals surface area (Å²) in [6.07, 6.45) is 5.20. The number of aromatic nitrogens is 2. The van der Waals surface area contributed by atoms with E-state index in [1.807, 2.05) is 42.5 Å². The molecule has 2 aromatic carbocycles. The van der Waals surface area contributed by atoms with E-state index in [9.17, 15) is 4.79 Å². The van der Waals surface area contributed by atoms with Gasteiger partial charge in [0.05, 0.1) is 12.7 Å². The SMILES string of the molecule is COc1ccc(-c2cnc(NCc3ccncc3)c(C(=O)Nc3ccc(Cl)cc3)c2)cc1. The number of ether oxygens (including phenoxy) is 1. The lowest BCUT2D eigenvalue weighted by molar-refractivity contribution is 0.102. The average Bonchev–Trinajstić information content (AvgIpc) is 2.85. The second-order valence-corrected chi connectivity index (χ2v) is 7.46. The second kappa shape index (κ2) is 9.94. The van der Waals surface area contributed by atoms with E-state index in [2.05, 4.69) is 20.6 Å². The Kier molecular flexibility index (Phi) is 6.63. The van der Waals surface area contributed by atoms with Crippen molar-refractivity contribution in [1.82, 2.24) is 9.97 Å². The van der Waals surface area contributed by atoms with E-state index in [0.717, 1.165) is 22.4 Å². The largest absolute Gasteiger partial charge is 0.497 e. The Bertz CT molecular complexity index is 1200. The Balaban J connectivity index is 1.64. The molecule has 0 aliphatic heterocycles. The molecule has 32 heavy (non-hydrogen) atoms. The van der Waals surface area contributed by atoms with Crippen molar-refractivity contribution < 1.29 is 9.53 Å². The number of anilines is 2. The van der Waals surface area contributed by atoms with Crippen LogP contribution < -0.4 is 15.4 Å². The normalized spacial score (nSPS) is 10.4. The number of nitrogens with zero attached hydrogens (tertiary/aromatic N) is 2. The van der Waals surface area contributed by atoms with Crippen molar-refractivity contribution in [1.29, 1.82) is 0 Å². The third-order valence-corrected chi connectivity index (χ3v) is 5.12. The molecule has 4 aromatic rings. The first-order valence-electron chi connectivity index (χ1n) is 9.96. The number of carbonyl (C=O) groups is 1. The lowest BCUT2D eigenvalue weighted by atomic mass is 10.0. The molecule has 0 radical (unpaired) electrons. The topological polar surface area (TPSA) is 76.1 Å². The van der Waals surface area contributed by atoms with Gasteiger partial charge in [-0.25, -0.2) is 4.98 Å². The predicted octanol–water partition coefficient (Wildman–Crippen LogP) is 5.67. The molecule has 0 spiro atoms. The molecule has 0 unspecified atom stereocenters. The molecule has 0 aliphatic carbocycles. The van der Waals surface area contributed by atoms with Crippen molar-refractivity contribution in [2.24, 2.45) is 0 Å². The van der Waals surface area contributed by atoms with Gasteiger partial charge in [-0.05, 0) is 65.7 Å². The van der Waals surface area contributed by atoms with Crippen LogP contribution in [0.3, 0.4) is 0 Å². The van der Waals surface area contributed by atoms with Crippen LogP contribution in [0.15, 0.2) is 85.3 Å². The third-order valence-electron chi connectivity index (χ3n) is 4.87. The van der Waals surface area contributed by atoms with Crippen molar-refractivity contribution in [2.75, 3.05) is 17.7 Å². The monoisotopic (exact) mass is 444 g/mol. The van der Waals surface area contributed by atoms with E-state index < -0.39 is 0 Å². The smallest absolute Gasteiger partial charge is 0.259 e. The molecule has 160 valence electrons. The first kappa shape index (κ1) is 21.3. The van der Waals surface area contributed by atoms with E-state index in [-0.39, 0.29) is 5.91 Å². The number of halogens is 1. The van der Waals surface area contributed by atoms with Crippen LogP contribution in [0.25, 0.3) is 11.1 Å². The molecule has 0 fully saturated rings. The van der Waals surface area contributed by atoms with Crippen LogP contribution in [0.4, 0.5) is 11.5 Å². The van der Waals surface area contributed by atoms with Gasteiger partial charge in [-0.15, -0.1) is 0 Å². The lowest BCUT2D eigenvalue weighted by Gasteiger charge is -2.14. The molecule has 4 rings (SSSR count). The van der Waals surface area contributed by atoms with E-state index >= 15 is 0 Å². The van der Waals surface area contributed by atoms with Crippen molar-refractivity contribution in [3.8, 4) is 16.9 Å². The zero-order chi connectivity index (χ0) is 22.3. The number of nitrogens with one attached hydrogen (secondary N) is 2. The minimum absolute atomic E-state index is 0.271. The molecule has 1 amide bonds. The maximum absolute atomic E-state index is 13.2. The highest BCUT2D eigenvalue weighted by molar-refractivity contribution is 6.30. The van der Waals surface area contributed by atoms with Crippen LogP contribution in [0.2, 0.25) is 5.02 Å². The highest BCUT2D eigenvalue weighted by atomic mass is 35.5. The Morgan fingerprint density at radius 1 is 0.969 bits per heavy atom. The van der Waals surface area contributed by atoms with Gasteiger partial charge in [0, 0.05) is 41.4 Å². The highest BCUT2D eigenvalue weighted by Gasteiger charge is 2.15. The van der Waals surface area contributed by atoms with Crippen molar-refractivity contribution in [2.45, 2.75) is 6.54 Å². The van der Waals surface area contributed by atoms with Crippen LogP contribution in [0.5, 0.6) is 5.75 Å². The molecule has 7 heteroatoms. The summed E-state index contributed by atoms with van der Waals surface area (Å²) < 4.78 is 5.23. The summed E-state index contributed by atoms with van der Waals surface area (Å²) >= 11 is 5.95. The summed E-state index contributed by atoms with van der Waals surface area (Å²) in [6, 6.07) is 20.2. The minimum Gasteiger partial charge on any atom is -0.497 e. The number of methoxy groups -OCH3 is 1. The number of rotatable bonds is 7. The second-order valence-electron chi connectivity index (χ2n) is 7.02. The number of pyridine rings is 2. The van der Waals surface area contributed by atoms with E-state index in [1.165, 1.54) is 0 Å². The molecular formula is C25H21ClN4O2. The number of hydrogen-bond donors (Lipinski definition) is 2. The van der Waals surface area contributed by atoms with Crippen LogP contribution in [0.1, 0.15) is 15.9 Å². The number of amides is 1. The molecule has 6 nitrogen and oxygen atoms in total. The zero-order valence-corrected chi connectivity index (χ0v) is 18.1. The van der Waals surface area contributed by atoms with E-state index in [1.54, 1.807) is 50.0 Å². The minimum atomic E-state index is -0.271. The van der Waals surface area contributed by atoms with Gasteiger partial charge < -0.3 is 15.4 Å². The standard InChI is InChI=1S/C25H21ClN4O2/c1-32-22-8-2-18(3-9-22)19-14-23(25(31)30-21-6-4-20(26)5-7-21)24(29-16-19)28-15-17-10-12-27-13-11-17/h2-14,16H,15H2,1H3,(H,28,29)(H,30,31). The van der Waals surface area contributed by atoms with Gasteiger partial charge in [-0.1, -0.05) is 23.7 Å². The summed E-state index contributed by atoms with van der Waals surface area (Å²) in [5.74, 6) is 0.982. The molecule has 0 aliphatic rings. The number of carbonyl (C=O) groups excluding carboxylic acids is 1. The predicted molar refractivity (Wildman–Crippen MR) is 127 cm³/mol. The zero-order valence-electron chi connectivity index (χ0n) is 17.4. The maximum Gasteiger partial charge on any atom is 0.259 e. The molecule has 0 atom stereocenters. The fourth-order valence-electron chi connectivity index (χ4n) is 3.14. The van der Waals surface area contributed by atoms with Gasteiger partial charge in [0.15, 0.2) is 0 Å². The summed E-state index contributed by atoms with van der Waals surface area (Å²) in [4.78, 5) is 21.7. The number of hydrogen-bond acceptors (Lipinski definition) is 5. The third kappa shape index (κ3) is 5.22. The Morgan fingerprint density at radius 3 is 2.38 bits per heavy atom. The van der Waals surface area contributed by atoms with E-state index in [4.69, 9.17) is 16.3 Å². The fraction of sp³-hybridized carbons (Fsp3) is 0.0800. The number of benzene rings is 2. The first-order chi connectivity index (χ1) is 15.6. The fourth-order valence-corrected chi connectivity index (χ4v) is 3.26. The summed E-state index contributed by atoms with van der Waals surface area (Å²) in [5.41, 5.74) is 3.87. The Morgan fingerprint density at radius 2 is 1.69 bits per heavy atom. The van der Waals surface area contributed by atoms with Gasteiger partial charge in [-0.2, -0.15) is 0 Å². The first-order valence-corrected chi connectivity index (χ1v) is 10.3. The summed E-state index contributed by atoms with van der Waals surface area (Å²) in [5, 5.41) is 6.78. The van der Waals surface area contributed by atoms with Crippen LogP contribution in [0, 0.1) is 0 Å². The molecule has 2 aromatic heterocycles. The highest BCUT2D eigenvalue weighted by Crippen LogP contribution is 2.26. The van der Waals surface area contributed by atoms with Crippen LogP contribution >= 0.6 is 11.6 Å². The molecule has 0 saturated heterocycles. The van der Waals surface area contributed by atoms with Gasteiger partial charge in [0.1, 0.15) is 11.6 Å². The quantitative estimate of drug-likeness (QED) is 0.384. The van der Waals surface area contributed by atoms with Gasteiger partial charge in [-0.3, -0.25) is 9.78 Å². The Hall–Kier alpha value is -3.90. The van der Waals surface area contributed by atoms with Gasteiger partial charge in [0.25, 0.3) is 5.91 Å². The maximum atomic E-state index is 13.2. The van der Waals surface area contributed by atoms with Crippen LogP contribution in [-0.4, -0.2) is 23.0 Å². The van der Waals surface area contributed by atoms with E-state index in [0.29, 0.717) is 28.6 Å². The van der Waals surface area contributed by atoms with Crippen molar-refractivity contribution >= 4 is 29.0 Å². The lowest BCUT2D eigenvalue weighted by Crippen LogP contribution is -2.16. The molecule has 2 heterocycles. The van der Waals surface area contributed by atoms with Crippen molar-refractivity contribution in [3.63, 3.8) is 0 Å². The summed E-state index contributed by atoms with van der Waals surface area (Å²) in [6.45, 7) is 0.513. The average molecular weight is 445 g/mol. The molecule has 0 saturated carbocycles. The van der Waals surface area contributed by atoms with Crippen LogP contribution in [-0.2, 0) is 6.54 Å². The molecular weight excluding hydrogens is 424 g/mol. The summed E-state index contributed by atoms with van der Waals surface area (Å²) in [7, 11) is 1.62.